The number of phenolic OH excluding ortho intramolecular Hbond substituents is 1. The average Bonchev–Trinajstić information content (AvgIpc) is 2.63. The van der Waals surface area contributed by atoms with Gasteiger partial charge in [-0.15, -0.1) is 0 Å². The van der Waals surface area contributed by atoms with Gasteiger partial charge in [-0.25, -0.2) is 9.18 Å². The van der Waals surface area contributed by atoms with Crippen LogP contribution in [-0.4, -0.2) is 42.2 Å². The number of nitrogens with zero attached hydrogens (tertiary/aromatic N) is 2. The van der Waals surface area contributed by atoms with Crippen LogP contribution in [0.3, 0.4) is 0 Å². The first-order valence-electron chi connectivity index (χ1n) is 8.38. The fraction of sp³-hybridized carbons (Fsp3) is 0.316. The summed E-state index contributed by atoms with van der Waals surface area (Å²) in [5.41, 5.74) is 1.66. The van der Waals surface area contributed by atoms with Crippen molar-refractivity contribution in [3.05, 3.63) is 59.9 Å². The molecule has 0 radical (unpaired) electrons. The van der Waals surface area contributed by atoms with Crippen LogP contribution in [0.5, 0.6) is 5.75 Å². The van der Waals surface area contributed by atoms with Crippen molar-refractivity contribution in [2.75, 3.05) is 31.1 Å². The molecule has 0 spiro atoms. The molecule has 1 unspecified atom stereocenters. The SMILES string of the molecule is CC(NC(=O)N1CCN(c2ccccc2O)CC1)c1ccc(F)cc1. The van der Waals surface area contributed by atoms with E-state index in [-0.39, 0.29) is 23.6 Å². The molecule has 2 aromatic carbocycles. The monoisotopic (exact) mass is 343 g/mol. The van der Waals surface area contributed by atoms with Crippen LogP contribution in [0, 0.1) is 5.82 Å². The Morgan fingerprint density at radius 1 is 1.08 bits per heavy atom. The van der Waals surface area contributed by atoms with E-state index >= 15 is 0 Å². The Morgan fingerprint density at radius 2 is 1.72 bits per heavy atom. The van der Waals surface area contributed by atoms with Crippen molar-refractivity contribution in [3.63, 3.8) is 0 Å². The number of benzene rings is 2. The summed E-state index contributed by atoms with van der Waals surface area (Å²) in [6.45, 7) is 4.36. The second-order valence-corrected chi connectivity index (χ2v) is 6.19. The van der Waals surface area contributed by atoms with E-state index in [4.69, 9.17) is 0 Å². The summed E-state index contributed by atoms with van der Waals surface area (Å²) >= 11 is 0. The molecule has 1 aliphatic rings. The number of para-hydroxylation sites is 2. The van der Waals surface area contributed by atoms with Gasteiger partial charge in [0.25, 0.3) is 0 Å². The Kier molecular flexibility index (Phi) is 5.07. The number of phenols is 1. The molecule has 1 saturated heterocycles. The smallest absolute Gasteiger partial charge is 0.317 e. The molecule has 6 heteroatoms. The number of aromatic hydroxyl groups is 1. The van der Waals surface area contributed by atoms with Crippen LogP contribution in [0.1, 0.15) is 18.5 Å². The van der Waals surface area contributed by atoms with Gasteiger partial charge in [0.2, 0.25) is 0 Å². The van der Waals surface area contributed by atoms with E-state index in [1.54, 1.807) is 29.2 Å². The zero-order valence-electron chi connectivity index (χ0n) is 14.2. The van der Waals surface area contributed by atoms with Crippen LogP contribution < -0.4 is 10.2 Å². The quantitative estimate of drug-likeness (QED) is 0.900. The maximum absolute atomic E-state index is 13.0. The van der Waals surface area contributed by atoms with Gasteiger partial charge in [-0.3, -0.25) is 0 Å². The highest BCUT2D eigenvalue weighted by molar-refractivity contribution is 5.75. The highest BCUT2D eigenvalue weighted by Crippen LogP contribution is 2.27. The minimum Gasteiger partial charge on any atom is -0.506 e. The van der Waals surface area contributed by atoms with Crippen molar-refractivity contribution < 1.29 is 14.3 Å². The molecule has 25 heavy (non-hydrogen) atoms. The lowest BCUT2D eigenvalue weighted by atomic mass is 10.1. The molecular formula is C19H22FN3O2. The molecule has 132 valence electrons. The zero-order chi connectivity index (χ0) is 17.8. The molecule has 2 aromatic rings. The fourth-order valence-corrected chi connectivity index (χ4v) is 2.99. The van der Waals surface area contributed by atoms with E-state index in [1.807, 2.05) is 19.1 Å². The van der Waals surface area contributed by atoms with E-state index in [9.17, 15) is 14.3 Å². The molecule has 2 amide bonds. The molecular weight excluding hydrogens is 321 g/mol. The van der Waals surface area contributed by atoms with Crippen LogP contribution in [0.15, 0.2) is 48.5 Å². The molecule has 1 heterocycles. The third-order valence-electron chi connectivity index (χ3n) is 4.50. The summed E-state index contributed by atoms with van der Waals surface area (Å²) in [6.07, 6.45) is 0. The standard InChI is InChI=1S/C19H22FN3O2/c1-14(15-6-8-16(20)9-7-15)21-19(25)23-12-10-22(11-13-23)17-4-2-3-5-18(17)24/h2-9,14,24H,10-13H2,1H3,(H,21,25). The van der Waals surface area contributed by atoms with E-state index < -0.39 is 0 Å². The van der Waals surface area contributed by atoms with Crippen LogP contribution in [0.2, 0.25) is 0 Å². The lowest BCUT2D eigenvalue weighted by Gasteiger charge is -2.36. The summed E-state index contributed by atoms with van der Waals surface area (Å²) in [6, 6.07) is 13.0. The molecule has 1 atom stereocenters. The minimum atomic E-state index is -0.289. The summed E-state index contributed by atoms with van der Waals surface area (Å²) in [5, 5.41) is 12.9. The number of halogens is 1. The number of amides is 2. The Bertz CT molecular complexity index is 728. The molecule has 3 rings (SSSR count). The first-order valence-corrected chi connectivity index (χ1v) is 8.38. The molecule has 0 aliphatic carbocycles. The predicted molar refractivity (Wildman–Crippen MR) is 95.2 cm³/mol. The van der Waals surface area contributed by atoms with Gasteiger partial charge in [-0.1, -0.05) is 24.3 Å². The molecule has 0 saturated carbocycles. The van der Waals surface area contributed by atoms with Gasteiger partial charge in [-0.2, -0.15) is 0 Å². The second-order valence-electron chi connectivity index (χ2n) is 6.19. The number of rotatable bonds is 3. The number of hydrogen-bond acceptors (Lipinski definition) is 3. The van der Waals surface area contributed by atoms with Crippen molar-refractivity contribution in [1.82, 2.24) is 10.2 Å². The number of nitrogens with one attached hydrogen (secondary N) is 1. The number of urea groups is 1. The highest BCUT2D eigenvalue weighted by Gasteiger charge is 2.23. The molecule has 0 bridgehead atoms. The maximum Gasteiger partial charge on any atom is 0.317 e. The van der Waals surface area contributed by atoms with Crippen LogP contribution >= 0.6 is 0 Å². The van der Waals surface area contributed by atoms with Gasteiger partial charge in [0.1, 0.15) is 11.6 Å². The number of carbonyl (C=O) groups excluding carboxylic acids is 1. The van der Waals surface area contributed by atoms with Crippen molar-refractivity contribution in [1.29, 1.82) is 0 Å². The molecule has 2 N–H and O–H groups in total. The summed E-state index contributed by atoms with van der Waals surface area (Å²) in [5.74, 6) is -0.0344. The molecule has 1 aliphatic heterocycles. The minimum absolute atomic E-state index is 0.131. The normalized spacial score (nSPS) is 15.8. The summed E-state index contributed by atoms with van der Waals surface area (Å²) < 4.78 is 13.0. The number of anilines is 1. The number of hydrogen-bond donors (Lipinski definition) is 2. The Balaban J connectivity index is 1.55. The van der Waals surface area contributed by atoms with Crippen molar-refractivity contribution in [3.8, 4) is 5.75 Å². The number of piperazine rings is 1. The summed E-state index contributed by atoms with van der Waals surface area (Å²) in [4.78, 5) is 16.3. The topological polar surface area (TPSA) is 55.8 Å². The van der Waals surface area contributed by atoms with Gasteiger partial charge in [0, 0.05) is 26.2 Å². The third-order valence-corrected chi connectivity index (χ3v) is 4.50. The zero-order valence-corrected chi connectivity index (χ0v) is 14.2. The van der Waals surface area contributed by atoms with Gasteiger partial charge in [-0.05, 0) is 36.8 Å². The van der Waals surface area contributed by atoms with Crippen LogP contribution in [-0.2, 0) is 0 Å². The predicted octanol–water partition coefficient (Wildman–Crippen LogP) is 3.12. The maximum atomic E-state index is 13.0. The van der Waals surface area contributed by atoms with E-state index in [0.717, 1.165) is 11.3 Å². The lowest BCUT2D eigenvalue weighted by Crippen LogP contribution is -2.52. The highest BCUT2D eigenvalue weighted by atomic mass is 19.1. The largest absolute Gasteiger partial charge is 0.506 e. The molecule has 1 fully saturated rings. The van der Waals surface area contributed by atoms with E-state index in [0.29, 0.717) is 26.2 Å². The van der Waals surface area contributed by atoms with E-state index in [2.05, 4.69) is 10.2 Å². The Hall–Kier alpha value is -2.76. The van der Waals surface area contributed by atoms with Gasteiger partial charge >= 0.3 is 6.03 Å². The van der Waals surface area contributed by atoms with Crippen molar-refractivity contribution in [2.24, 2.45) is 0 Å². The first-order chi connectivity index (χ1) is 12.0. The second kappa shape index (κ2) is 7.42. The Morgan fingerprint density at radius 3 is 2.36 bits per heavy atom. The van der Waals surface area contributed by atoms with Crippen molar-refractivity contribution >= 4 is 11.7 Å². The van der Waals surface area contributed by atoms with Gasteiger partial charge in [0.15, 0.2) is 0 Å². The first kappa shape index (κ1) is 17.1. The third kappa shape index (κ3) is 4.02. The average molecular weight is 343 g/mol. The summed E-state index contributed by atoms with van der Waals surface area (Å²) in [7, 11) is 0. The van der Waals surface area contributed by atoms with Crippen LogP contribution in [0.4, 0.5) is 14.9 Å². The Labute approximate surface area is 146 Å². The lowest BCUT2D eigenvalue weighted by molar-refractivity contribution is 0.191. The van der Waals surface area contributed by atoms with E-state index in [1.165, 1.54) is 12.1 Å². The van der Waals surface area contributed by atoms with Gasteiger partial charge < -0.3 is 20.2 Å². The molecule has 5 nitrogen and oxygen atoms in total. The van der Waals surface area contributed by atoms with Crippen LogP contribution in [0.25, 0.3) is 0 Å². The van der Waals surface area contributed by atoms with Crippen molar-refractivity contribution in [2.45, 2.75) is 13.0 Å². The van der Waals surface area contributed by atoms with Gasteiger partial charge in [0.05, 0.1) is 11.7 Å². The molecule has 0 aromatic heterocycles. The fourth-order valence-electron chi connectivity index (χ4n) is 2.99. The number of carbonyl (C=O) groups is 1.